The third-order valence-electron chi connectivity index (χ3n) is 7.89. The highest BCUT2D eigenvalue weighted by molar-refractivity contribution is 6.03. The van der Waals surface area contributed by atoms with E-state index in [0.717, 1.165) is 54.6 Å². The number of amides is 1. The van der Waals surface area contributed by atoms with Crippen LogP contribution in [0.2, 0.25) is 0 Å². The average molecular weight is 472 g/mol. The maximum atomic E-state index is 14.6. The minimum absolute atomic E-state index is 0.0944. The van der Waals surface area contributed by atoms with Gasteiger partial charge in [0.1, 0.15) is 6.07 Å². The molecule has 1 heterocycles. The first-order chi connectivity index (χ1) is 16.9. The molecule has 186 valence electrons. The lowest BCUT2D eigenvalue weighted by atomic mass is 9.86. The summed E-state index contributed by atoms with van der Waals surface area (Å²) in [5, 5.41) is 10.3. The number of hydrogen-bond acceptors (Lipinski definition) is 3. The molecule has 2 fully saturated rings. The monoisotopic (exact) mass is 471 g/mol. The van der Waals surface area contributed by atoms with E-state index in [0.29, 0.717) is 29.1 Å². The fourth-order valence-corrected chi connectivity index (χ4v) is 6.17. The van der Waals surface area contributed by atoms with Crippen LogP contribution < -0.4 is 0 Å². The molecular formula is C31H41N3O. The van der Waals surface area contributed by atoms with Gasteiger partial charge >= 0.3 is 0 Å². The Morgan fingerprint density at radius 2 is 1.51 bits per heavy atom. The number of pyridine rings is 1. The van der Waals surface area contributed by atoms with Gasteiger partial charge in [-0.15, -0.1) is 0 Å². The van der Waals surface area contributed by atoms with Gasteiger partial charge in [0.05, 0.1) is 22.5 Å². The van der Waals surface area contributed by atoms with Crippen LogP contribution in [0, 0.1) is 31.1 Å². The normalized spacial score (nSPS) is 17.4. The van der Waals surface area contributed by atoms with Gasteiger partial charge in [0, 0.05) is 17.6 Å². The Hall–Kier alpha value is -2.67. The molecule has 1 aromatic carbocycles. The summed E-state index contributed by atoms with van der Waals surface area (Å²) >= 11 is 0. The van der Waals surface area contributed by atoms with Crippen LogP contribution in [0.1, 0.15) is 111 Å². The fraction of sp³-hybridized carbons (Fsp3) is 0.581. The standard InChI is InChI=1S/C31H41N3O/c1-21(2)19-28-27(20-32)30(24-17-15-22(3)16-18-24)29(23(4)33-28)31(35)34(25-11-7-5-8-12-25)26-13-9-6-10-14-26/h15-18,21,25-26H,5-14,19H2,1-4H3. The molecule has 0 aliphatic heterocycles. The van der Waals surface area contributed by atoms with Crippen LogP contribution in [0.3, 0.4) is 0 Å². The lowest BCUT2D eigenvalue weighted by molar-refractivity contribution is 0.0448. The van der Waals surface area contributed by atoms with E-state index in [-0.39, 0.29) is 5.91 Å². The van der Waals surface area contributed by atoms with Crippen molar-refractivity contribution in [3.05, 3.63) is 52.3 Å². The van der Waals surface area contributed by atoms with Crippen molar-refractivity contribution in [3.63, 3.8) is 0 Å². The number of aryl methyl sites for hydroxylation is 2. The molecule has 35 heavy (non-hydrogen) atoms. The van der Waals surface area contributed by atoms with Crippen molar-refractivity contribution in [2.75, 3.05) is 0 Å². The molecule has 2 aliphatic rings. The van der Waals surface area contributed by atoms with Crippen LogP contribution in [0.25, 0.3) is 11.1 Å². The number of hydrogen-bond donors (Lipinski definition) is 0. The molecule has 4 rings (SSSR count). The Labute approximate surface area is 211 Å². The molecule has 1 aromatic heterocycles. The second-order valence-corrected chi connectivity index (χ2v) is 11.1. The summed E-state index contributed by atoms with van der Waals surface area (Å²) in [6.45, 7) is 8.33. The zero-order chi connectivity index (χ0) is 24.9. The van der Waals surface area contributed by atoms with Crippen LogP contribution in [0.5, 0.6) is 0 Å². The van der Waals surface area contributed by atoms with E-state index in [1.54, 1.807) is 0 Å². The summed E-state index contributed by atoms with van der Waals surface area (Å²) in [6.07, 6.45) is 12.4. The number of aromatic nitrogens is 1. The molecule has 0 saturated heterocycles. The van der Waals surface area contributed by atoms with Gasteiger partial charge < -0.3 is 4.90 Å². The lowest BCUT2D eigenvalue weighted by Gasteiger charge is -2.42. The molecule has 4 heteroatoms. The third-order valence-corrected chi connectivity index (χ3v) is 7.89. The lowest BCUT2D eigenvalue weighted by Crippen LogP contribution is -2.49. The summed E-state index contributed by atoms with van der Waals surface area (Å²) in [4.78, 5) is 21.8. The van der Waals surface area contributed by atoms with Crippen molar-refractivity contribution in [1.82, 2.24) is 9.88 Å². The Morgan fingerprint density at radius 1 is 0.971 bits per heavy atom. The molecule has 4 nitrogen and oxygen atoms in total. The summed E-state index contributed by atoms with van der Waals surface area (Å²) in [7, 11) is 0. The summed E-state index contributed by atoms with van der Waals surface area (Å²) < 4.78 is 0. The van der Waals surface area contributed by atoms with Gasteiger partial charge in [0.15, 0.2) is 0 Å². The maximum Gasteiger partial charge on any atom is 0.256 e. The number of nitriles is 1. The van der Waals surface area contributed by atoms with E-state index >= 15 is 0 Å². The highest BCUT2D eigenvalue weighted by atomic mass is 16.2. The fourth-order valence-electron chi connectivity index (χ4n) is 6.17. The number of nitrogens with zero attached hydrogens (tertiary/aromatic N) is 3. The smallest absolute Gasteiger partial charge is 0.256 e. The van der Waals surface area contributed by atoms with Gasteiger partial charge in [-0.1, -0.05) is 82.2 Å². The maximum absolute atomic E-state index is 14.6. The molecule has 0 N–H and O–H groups in total. The van der Waals surface area contributed by atoms with Gasteiger partial charge in [0.2, 0.25) is 0 Å². The van der Waals surface area contributed by atoms with Crippen LogP contribution in [0.15, 0.2) is 24.3 Å². The zero-order valence-electron chi connectivity index (χ0n) is 22.1. The molecule has 2 aromatic rings. The highest BCUT2D eigenvalue weighted by Gasteiger charge is 2.36. The van der Waals surface area contributed by atoms with Gasteiger partial charge in [-0.25, -0.2) is 0 Å². The largest absolute Gasteiger partial charge is 0.333 e. The molecule has 0 spiro atoms. The van der Waals surface area contributed by atoms with Gasteiger partial charge in [-0.2, -0.15) is 5.26 Å². The Balaban J connectivity index is 1.89. The first kappa shape index (κ1) is 25.4. The quantitative estimate of drug-likeness (QED) is 0.437. The van der Waals surface area contributed by atoms with E-state index in [2.05, 4.69) is 56.0 Å². The van der Waals surface area contributed by atoms with Crippen LogP contribution in [-0.2, 0) is 6.42 Å². The minimum atomic E-state index is 0.0944. The average Bonchev–Trinajstić information content (AvgIpc) is 2.85. The summed E-state index contributed by atoms with van der Waals surface area (Å²) in [6, 6.07) is 11.3. The predicted octanol–water partition coefficient (Wildman–Crippen LogP) is 7.54. The van der Waals surface area contributed by atoms with Crippen molar-refractivity contribution in [1.29, 1.82) is 5.26 Å². The number of carbonyl (C=O) groups excluding carboxylic acids is 1. The first-order valence-electron chi connectivity index (χ1n) is 13.7. The van der Waals surface area contributed by atoms with E-state index < -0.39 is 0 Å². The number of rotatable bonds is 6. The van der Waals surface area contributed by atoms with Gasteiger partial charge in [-0.05, 0) is 57.4 Å². The Kier molecular flexibility index (Phi) is 8.26. The molecule has 2 aliphatic carbocycles. The minimum Gasteiger partial charge on any atom is -0.333 e. The molecule has 2 saturated carbocycles. The van der Waals surface area contributed by atoms with Crippen LogP contribution in [0.4, 0.5) is 0 Å². The van der Waals surface area contributed by atoms with Gasteiger partial charge in [-0.3, -0.25) is 9.78 Å². The van der Waals surface area contributed by atoms with Crippen molar-refractivity contribution >= 4 is 5.91 Å². The van der Waals surface area contributed by atoms with Crippen molar-refractivity contribution in [3.8, 4) is 17.2 Å². The predicted molar refractivity (Wildman–Crippen MR) is 142 cm³/mol. The molecule has 0 bridgehead atoms. The molecular weight excluding hydrogens is 430 g/mol. The Bertz CT molecular complexity index is 1050. The van der Waals surface area contributed by atoms with Crippen LogP contribution in [-0.4, -0.2) is 27.9 Å². The number of carbonyl (C=O) groups is 1. The van der Waals surface area contributed by atoms with Crippen molar-refractivity contribution in [2.45, 2.75) is 110 Å². The van der Waals surface area contributed by atoms with E-state index in [1.165, 1.54) is 44.1 Å². The van der Waals surface area contributed by atoms with E-state index in [9.17, 15) is 10.1 Å². The van der Waals surface area contributed by atoms with E-state index in [1.807, 2.05) is 6.92 Å². The molecule has 0 radical (unpaired) electrons. The number of benzene rings is 1. The molecule has 0 unspecified atom stereocenters. The van der Waals surface area contributed by atoms with Crippen molar-refractivity contribution < 1.29 is 4.79 Å². The second kappa shape index (κ2) is 11.4. The topological polar surface area (TPSA) is 57.0 Å². The first-order valence-corrected chi connectivity index (χ1v) is 13.7. The third kappa shape index (κ3) is 5.61. The summed E-state index contributed by atoms with van der Waals surface area (Å²) in [5.41, 5.74) is 5.69. The summed E-state index contributed by atoms with van der Waals surface area (Å²) in [5.74, 6) is 0.472. The van der Waals surface area contributed by atoms with Gasteiger partial charge in [0.25, 0.3) is 5.91 Å². The highest BCUT2D eigenvalue weighted by Crippen LogP contribution is 2.37. The zero-order valence-corrected chi connectivity index (χ0v) is 22.1. The second-order valence-electron chi connectivity index (χ2n) is 11.1. The van der Waals surface area contributed by atoms with Crippen molar-refractivity contribution in [2.24, 2.45) is 5.92 Å². The molecule has 1 amide bonds. The SMILES string of the molecule is Cc1ccc(-c2c(C#N)c(CC(C)C)nc(C)c2C(=O)N(C2CCCCC2)C2CCCCC2)cc1. The Morgan fingerprint density at radius 3 is 2.00 bits per heavy atom. The van der Waals surface area contributed by atoms with Crippen LogP contribution >= 0.6 is 0 Å². The molecule has 0 atom stereocenters. The van der Waals surface area contributed by atoms with E-state index in [4.69, 9.17) is 4.98 Å².